The number of piperazine rings is 1. The first kappa shape index (κ1) is 13.6. The second-order valence-corrected chi connectivity index (χ2v) is 7.29. The summed E-state index contributed by atoms with van der Waals surface area (Å²) in [6.45, 7) is 3.27. The number of nitrogens with one attached hydrogen (secondary N) is 1. The third kappa shape index (κ3) is 2.49. The number of rotatable bonds is 2. The first-order valence-corrected chi connectivity index (χ1v) is 8.56. The molecule has 0 bridgehead atoms. The first-order valence-electron chi connectivity index (χ1n) is 8.56. The van der Waals surface area contributed by atoms with E-state index in [2.05, 4.69) is 20.2 Å². The lowest BCUT2D eigenvalue weighted by atomic mass is 9.84. The van der Waals surface area contributed by atoms with E-state index in [0.29, 0.717) is 11.1 Å². The van der Waals surface area contributed by atoms with Gasteiger partial charge in [-0.1, -0.05) is 25.7 Å². The molecule has 114 valence electrons. The summed E-state index contributed by atoms with van der Waals surface area (Å²) >= 11 is 0. The van der Waals surface area contributed by atoms with Crippen molar-refractivity contribution in [3.05, 3.63) is 24.3 Å². The fourth-order valence-electron chi connectivity index (χ4n) is 4.77. The van der Waals surface area contributed by atoms with Gasteiger partial charge in [0.25, 0.3) is 0 Å². The van der Waals surface area contributed by atoms with Gasteiger partial charge in [0.05, 0.1) is 6.54 Å². The van der Waals surface area contributed by atoms with E-state index in [1.54, 1.807) is 0 Å². The van der Waals surface area contributed by atoms with Crippen molar-refractivity contribution >= 4 is 0 Å². The van der Waals surface area contributed by atoms with Crippen molar-refractivity contribution in [3.63, 3.8) is 0 Å². The van der Waals surface area contributed by atoms with Gasteiger partial charge in [-0.2, -0.15) is 0 Å². The Morgan fingerprint density at radius 2 is 1.67 bits per heavy atom. The highest BCUT2D eigenvalue weighted by Crippen LogP contribution is 2.42. The van der Waals surface area contributed by atoms with Crippen LogP contribution >= 0.6 is 0 Å². The van der Waals surface area contributed by atoms with Crippen LogP contribution in [0.3, 0.4) is 0 Å². The molecule has 4 nitrogen and oxygen atoms in total. The molecule has 4 rings (SSSR count). The van der Waals surface area contributed by atoms with Crippen molar-refractivity contribution in [2.75, 3.05) is 13.1 Å². The van der Waals surface area contributed by atoms with E-state index >= 15 is 0 Å². The zero-order valence-electron chi connectivity index (χ0n) is 12.9. The summed E-state index contributed by atoms with van der Waals surface area (Å²) in [6, 6.07) is 1.91. The van der Waals surface area contributed by atoms with Crippen molar-refractivity contribution in [2.24, 2.45) is 0 Å². The van der Waals surface area contributed by atoms with E-state index in [4.69, 9.17) is 0 Å². The molecule has 1 aromatic rings. The highest BCUT2D eigenvalue weighted by molar-refractivity contribution is 5.09. The average molecular weight is 286 g/mol. The van der Waals surface area contributed by atoms with Gasteiger partial charge in [0.2, 0.25) is 0 Å². The van der Waals surface area contributed by atoms with Gasteiger partial charge < -0.3 is 5.32 Å². The fourth-order valence-corrected chi connectivity index (χ4v) is 4.77. The van der Waals surface area contributed by atoms with E-state index in [1.807, 2.05) is 18.5 Å². The van der Waals surface area contributed by atoms with Crippen LogP contribution in [0.2, 0.25) is 0 Å². The summed E-state index contributed by atoms with van der Waals surface area (Å²) in [5, 5.41) is 3.96. The van der Waals surface area contributed by atoms with Crippen LogP contribution in [0, 0.1) is 0 Å². The van der Waals surface area contributed by atoms with E-state index < -0.39 is 0 Å². The lowest BCUT2D eigenvalue weighted by Gasteiger charge is -2.52. The second kappa shape index (κ2) is 5.33. The molecule has 0 amide bonds. The number of nitrogens with zero attached hydrogens (tertiary/aromatic N) is 3. The molecule has 21 heavy (non-hydrogen) atoms. The van der Waals surface area contributed by atoms with Gasteiger partial charge in [-0.25, -0.2) is 9.97 Å². The molecule has 3 fully saturated rings. The van der Waals surface area contributed by atoms with Crippen molar-refractivity contribution < 1.29 is 0 Å². The topological polar surface area (TPSA) is 41.1 Å². The molecule has 4 heteroatoms. The summed E-state index contributed by atoms with van der Waals surface area (Å²) in [7, 11) is 0. The van der Waals surface area contributed by atoms with Crippen molar-refractivity contribution in [1.29, 1.82) is 0 Å². The predicted molar refractivity (Wildman–Crippen MR) is 82.8 cm³/mol. The molecule has 2 spiro atoms. The van der Waals surface area contributed by atoms with Gasteiger partial charge >= 0.3 is 0 Å². The Bertz CT molecular complexity index is 475. The third-order valence-corrected chi connectivity index (χ3v) is 6.00. The normalized spacial score (nSPS) is 27.6. The molecule has 3 aliphatic rings. The minimum absolute atomic E-state index is 0.368. The summed E-state index contributed by atoms with van der Waals surface area (Å²) < 4.78 is 0. The second-order valence-electron chi connectivity index (χ2n) is 7.29. The Kier molecular flexibility index (Phi) is 3.46. The standard InChI is InChI=1S/C17H26N4/c1-2-7-16(6-1)14-21(12-15-18-10-5-11-19-15)17(13-20-16)8-3-4-9-17/h5,10-11,20H,1-4,6-9,12-14H2. The average Bonchev–Trinajstić information content (AvgIpc) is 3.15. The molecule has 0 aromatic carbocycles. The molecule has 2 aliphatic carbocycles. The van der Waals surface area contributed by atoms with Crippen molar-refractivity contribution in [1.82, 2.24) is 20.2 Å². The Morgan fingerprint density at radius 3 is 2.38 bits per heavy atom. The molecule has 2 saturated carbocycles. The minimum atomic E-state index is 0.368. The van der Waals surface area contributed by atoms with Gasteiger partial charge in [0.1, 0.15) is 5.82 Å². The summed E-state index contributed by atoms with van der Waals surface area (Å²) in [4.78, 5) is 11.7. The van der Waals surface area contributed by atoms with Crippen LogP contribution in [0.5, 0.6) is 0 Å². The molecule has 0 atom stereocenters. The van der Waals surface area contributed by atoms with Crippen LogP contribution in [0.4, 0.5) is 0 Å². The molecule has 0 unspecified atom stereocenters. The maximum atomic E-state index is 4.47. The highest BCUT2D eigenvalue weighted by atomic mass is 15.3. The predicted octanol–water partition coefficient (Wildman–Crippen LogP) is 2.51. The number of aromatic nitrogens is 2. The van der Waals surface area contributed by atoms with Crippen molar-refractivity contribution in [2.45, 2.75) is 69.0 Å². The molecular formula is C17H26N4. The minimum Gasteiger partial charge on any atom is -0.308 e. The zero-order chi connectivity index (χ0) is 14.2. The van der Waals surface area contributed by atoms with Crippen LogP contribution in [-0.4, -0.2) is 39.0 Å². The zero-order valence-corrected chi connectivity index (χ0v) is 12.9. The highest BCUT2D eigenvalue weighted by Gasteiger charge is 2.49. The Morgan fingerprint density at radius 1 is 1.00 bits per heavy atom. The lowest BCUT2D eigenvalue weighted by Crippen LogP contribution is -2.68. The molecule has 0 radical (unpaired) electrons. The Balaban J connectivity index is 1.58. The maximum absolute atomic E-state index is 4.47. The molecule has 1 saturated heterocycles. The SMILES string of the molecule is c1cnc(CN2CC3(CCCC3)NCC23CCCC3)nc1. The third-order valence-electron chi connectivity index (χ3n) is 6.00. The maximum Gasteiger partial charge on any atom is 0.142 e. The molecular weight excluding hydrogens is 260 g/mol. The number of hydrogen-bond acceptors (Lipinski definition) is 4. The first-order chi connectivity index (χ1) is 10.3. The van der Waals surface area contributed by atoms with E-state index in [9.17, 15) is 0 Å². The van der Waals surface area contributed by atoms with Gasteiger partial charge in [-0.05, 0) is 31.7 Å². The summed E-state index contributed by atoms with van der Waals surface area (Å²) in [5.41, 5.74) is 0.746. The van der Waals surface area contributed by atoms with Gasteiger partial charge in [0.15, 0.2) is 0 Å². The molecule has 2 heterocycles. The van der Waals surface area contributed by atoms with Crippen LogP contribution < -0.4 is 5.32 Å². The molecule has 1 aromatic heterocycles. The number of hydrogen-bond donors (Lipinski definition) is 1. The smallest absolute Gasteiger partial charge is 0.142 e. The molecule has 1 N–H and O–H groups in total. The van der Waals surface area contributed by atoms with Gasteiger partial charge in [-0.15, -0.1) is 0 Å². The van der Waals surface area contributed by atoms with Gasteiger partial charge in [-0.3, -0.25) is 4.90 Å². The Labute approximate surface area is 127 Å². The van der Waals surface area contributed by atoms with Crippen LogP contribution in [0.25, 0.3) is 0 Å². The largest absolute Gasteiger partial charge is 0.308 e. The summed E-state index contributed by atoms with van der Waals surface area (Å²) in [5.74, 6) is 0.985. The van der Waals surface area contributed by atoms with E-state index in [-0.39, 0.29) is 0 Å². The van der Waals surface area contributed by atoms with Crippen LogP contribution in [-0.2, 0) is 6.54 Å². The van der Waals surface area contributed by atoms with Crippen LogP contribution in [0.1, 0.15) is 57.2 Å². The van der Waals surface area contributed by atoms with Crippen LogP contribution in [0.15, 0.2) is 18.5 Å². The fraction of sp³-hybridized carbons (Fsp3) is 0.765. The lowest BCUT2D eigenvalue weighted by molar-refractivity contribution is 0.000957. The quantitative estimate of drug-likeness (QED) is 0.907. The summed E-state index contributed by atoms with van der Waals surface area (Å²) in [6.07, 6.45) is 14.6. The van der Waals surface area contributed by atoms with Gasteiger partial charge in [0, 0.05) is 36.6 Å². The van der Waals surface area contributed by atoms with E-state index in [0.717, 1.165) is 12.4 Å². The monoisotopic (exact) mass is 286 g/mol. The van der Waals surface area contributed by atoms with Crippen molar-refractivity contribution in [3.8, 4) is 0 Å². The molecule has 1 aliphatic heterocycles. The van der Waals surface area contributed by atoms with E-state index in [1.165, 1.54) is 64.5 Å². The Hall–Kier alpha value is -1.00.